The van der Waals surface area contributed by atoms with Crippen molar-refractivity contribution in [3.63, 3.8) is 0 Å². The van der Waals surface area contributed by atoms with Crippen LogP contribution < -0.4 is 10.6 Å². The smallest absolute Gasteiger partial charge is 0.228 e. The summed E-state index contributed by atoms with van der Waals surface area (Å²) in [6.07, 6.45) is 0. The third-order valence-electron chi connectivity index (χ3n) is 1.97. The molecule has 0 fully saturated rings. The number of rotatable bonds is 6. The summed E-state index contributed by atoms with van der Waals surface area (Å²) >= 11 is 0. The molecule has 0 spiro atoms. The molecular formula is C10H22N2O2. The lowest BCUT2D eigenvalue weighted by Gasteiger charge is -2.20. The number of amides is 1. The minimum atomic E-state index is -0.683. The molecular weight excluding hydrogens is 180 g/mol. The molecule has 0 aliphatic rings. The number of hydrogen-bond donors (Lipinski definition) is 3. The lowest BCUT2D eigenvalue weighted by molar-refractivity contribution is -0.131. The van der Waals surface area contributed by atoms with E-state index in [1.807, 2.05) is 0 Å². The van der Waals surface area contributed by atoms with E-state index in [9.17, 15) is 4.79 Å². The Hall–Kier alpha value is -0.610. The van der Waals surface area contributed by atoms with E-state index in [0.29, 0.717) is 12.6 Å². The van der Waals surface area contributed by atoms with E-state index in [1.54, 1.807) is 13.8 Å². The fraction of sp³-hybridized carbons (Fsp3) is 0.900. The summed E-state index contributed by atoms with van der Waals surface area (Å²) in [5.41, 5.74) is -0.683. The number of carbonyl (C=O) groups is 1. The van der Waals surface area contributed by atoms with Crippen LogP contribution in [0.25, 0.3) is 0 Å². The van der Waals surface area contributed by atoms with Gasteiger partial charge in [-0.15, -0.1) is 0 Å². The Balaban J connectivity index is 3.64. The van der Waals surface area contributed by atoms with Gasteiger partial charge in [0.2, 0.25) is 5.91 Å². The molecule has 0 unspecified atom stereocenters. The highest BCUT2D eigenvalue weighted by atomic mass is 16.3. The van der Waals surface area contributed by atoms with Gasteiger partial charge in [0, 0.05) is 19.1 Å². The molecule has 0 aromatic heterocycles. The summed E-state index contributed by atoms with van der Waals surface area (Å²) in [4.78, 5) is 11.4. The van der Waals surface area contributed by atoms with E-state index < -0.39 is 5.41 Å². The second kappa shape index (κ2) is 5.98. The zero-order valence-corrected chi connectivity index (χ0v) is 9.55. The maximum absolute atomic E-state index is 11.4. The third kappa shape index (κ3) is 5.19. The van der Waals surface area contributed by atoms with Crippen molar-refractivity contribution in [1.29, 1.82) is 0 Å². The summed E-state index contributed by atoms with van der Waals surface area (Å²) in [5.74, 6) is -0.106. The number of aliphatic hydroxyl groups excluding tert-OH is 1. The van der Waals surface area contributed by atoms with Gasteiger partial charge in [0.1, 0.15) is 0 Å². The summed E-state index contributed by atoms with van der Waals surface area (Å²) in [7, 11) is 0. The third-order valence-corrected chi connectivity index (χ3v) is 1.97. The predicted octanol–water partition coefficient (Wildman–Crippen LogP) is 0.119. The molecule has 3 N–H and O–H groups in total. The highest BCUT2D eigenvalue weighted by molar-refractivity contribution is 5.81. The van der Waals surface area contributed by atoms with Crippen molar-refractivity contribution in [2.24, 2.45) is 5.41 Å². The van der Waals surface area contributed by atoms with Crippen LogP contribution in [-0.2, 0) is 4.79 Å². The van der Waals surface area contributed by atoms with Crippen molar-refractivity contribution < 1.29 is 9.90 Å². The van der Waals surface area contributed by atoms with Gasteiger partial charge in [-0.2, -0.15) is 0 Å². The molecule has 0 saturated heterocycles. The molecule has 0 rings (SSSR count). The molecule has 0 bridgehead atoms. The summed E-state index contributed by atoms with van der Waals surface area (Å²) in [6, 6.07) is 0.428. The monoisotopic (exact) mass is 202 g/mol. The van der Waals surface area contributed by atoms with Gasteiger partial charge in [0.25, 0.3) is 0 Å². The molecule has 0 saturated carbocycles. The lowest BCUT2D eigenvalue weighted by atomic mass is 9.94. The Kier molecular flexibility index (Phi) is 5.72. The largest absolute Gasteiger partial charge is 0.395 e. The van der Waals surface area contributed by atoms with Crippen LogP contribution in [0.2, 0.25) is 0 Å². The average Bonchev–Trinajstić information content (AvgIpc) is 2.11. The van der Waals surface area contributed by atoms with Crippen molar-refractivity contribution in [2.45, 2.75) is 33.7 Å². The fourth-order valence-corrected chi connectivity index (χ4v) is 0.848. The van der Waals surface area contributed by atoms with Crippen LogP contribution in [0.5, 0.6) is 0 Å². The van der Waals surface area contributed by atoms with Crippen molar-refractivity contribution in [2.75, 3.05) is 19.7 Å². The van der Waals surface area contributed by atoms with Crippen LogP contribution in [0, 0.1) is 5.41 Å². The van der Waals surface area contributed by atoms with Gasteiger partial charge in [-0.1, -0.05) is 13.8 Å². The molecule has 84 valence electrons. The highest BCUT2D eigenvalue weighted by Crippen LogP contribution is 2.12. The van der Waals surface area contributed by atoms with Gasteiger partial charge >= 0.3 is 0 Å². The standard InChI is InChI=1S/C10H22N2O2/c1-8(2)11-5-6-12-9(14)10(3,4)7-13/h8,11,13H,5-7H2,1-4H3,(H,12,14). The Morgan fingerprint density at radius 2 is 1.93 bits per heavy atom. The molecule has 0 aliphatic carbocycles. The Labute approximate surface area is 86.1 Å². The van der Waals surface area contributed by atoms with E-state index in [4.69, 9.17) is 5.11 Å². The first kappa shape index (κ1) is 13.4. The van der Waals surface area contributed by atoms with Crippen LogP contribution >= 0.6 is 0 Å². The minimum Gasteiger partial charge on any atom is -0.395 e. The molecule has 0 radical (unpaired) electrons. The minimum absolute atomic E-state index is 0.106. The summed E-state index contributed by atoms with van der Waals surface area (Å²) in [5, 5.41) is 14.9. The van der Waals surface area contributed by atoms with Crippen LogP contribution in [0.15, 0.2) is 0 Å². The topological polar surface area (TPSA) is 61.4 Å². The van der Waals surface area contributed by atoms with Gasteiger partial charge in [-0.25, -0.2) is 0 Å². The second-order valence-corrected chi connectivity index (χ2v) is 4.41. The SMILES string of the molecule is CC(C)NCCNC(=O)C(C)(C)CO. The number of nitrogens with one attached hydrogen (secondary N) is 2. The first-order valence-electron chi connectivity index (χ1n) is 5.02. The normalized spacial score (nSPS) is 11.9. The molecule has 0 atom stereocenters. The first-order valence-corrected chi connectivity index (χ1v) is 5.02. The Morgan fingerprint density at radius 1 is 1.36 bits per heavy atom. The molecule has 0 aromatic rings. The van der Waals surface area contributed by atoms with E-state index >= 15 is 0 Å². The fourth-order valence-electron chi connectivity index (χ4n) is 0.848. The first-order chi connectivity index (χ1) is 6.40. The molecule has 0 heterocycles. The number of aliphatic hydroxyl groups is 1. The zero-order valence-electron chi connectivity index (χ0n) is 9.55. The average molecular weight is 202 g/mol. The van der Waals surface area contributed by atoms with Crippen molar-refractivity contribution in [1.82, 2.24) is 10.6 Å². The van der Waals surface area contributed by atoms with Crippen molar-refractivity contribution in [3.8, 4) is 0 Å². The maximum Gasteiger partial charge on any atom is 0.228 e. The van der Waals surface area contributed by atoms with Crippen LogP contribution in [0.1, 0.15) is 27.7 Å². The zero-order chi connectivity index (χ0) is 11.2. The number of carbonyl (C=O) groups excluding carboxylic acids is 1. The Morgan fingerprint density at radius 3 is 2.36 bits per heavy atom. The van der Waals surface area contributed by atoms with E-state index in [-0.39, 0.29) is 12.5 Å². The summed E-state index contributed by atoms with van der Waals surface area (Å²) in [6.45, 7) is 8.77. The maximum atomic E-state index is 11.4. The van der Waals surface area contributed by atoms with Crippen LogP contribution in [0.3, 0.4) is 0 Å². The molecule has 1 amide bonds. The van der Waals surface area contributed by atoms with Gasteiger partial charge < -0.3 is 15.7 Å². The van der Waals surface area contributed by atoms with Crippen molar-refractivity contribution in [3.05, 3.63) is 0 Å². The molecule has 0 aliphatic heterocycles. The number of hydrogen-bond acceptors (Lipinski definition) is 3. The Bertz CT molecular complexity index is 179. The van der Waals surface area contributed by atoms with E-state index in [2.05, 4.69) is 24.5 Å². The van der Waals surface area contributed by atoms with Gasteiger partial charge in [-0.05, 0) is 13.8 Å². The lowest BCUT2D eigenvalue weighted by Crippen LogP contribution is -2.42. The van der Waals surface area contributed by atoms with Gasteiger partial charge in [-0.3, -0.25) is 4.79 Å². The van der Waals surface area contributed by atoms with Gasteiger partial charge in [0.05, 0.1) is 12.0 Å². The second-order valence-electron chi connectivity index (χ2n) is 4.41. The predicted molar refractivity (Wildman–Crippen MR) is 57.0 cm³/mol. The molecule has 4 nitrogen and oxygen atoms in total. The molecule has 4 heteroatoms. The van der Waals surface area contributed by atoms with Gasteiger partial charge in [0.15, 0.2) is 0 Å². The van der Waals surface area contributed by atoms with Crippen LogP contribution in [0.4, 0.5) is 0 Å². The highest BCUT2D eigenvalue weighted by Gasteiger charge is 2.25. The van der Waals surface area contributed by atoms with E-state index in [0.717, 1.165) is 6.54 Å². The van der Waals surface area contributed by atoms with Crippen molar-refractivity contribution >= 4 is 5.91 Å². The quantitative estimate of drug-likeness (QED) is 0.536. The molecule has 14 heavy (non-hydrogen) atoms. The van der Waals surface area contributed by atoms with E-state index in [1.165, 1.54) is 0 Å². The van der Waals surface area contributed by atoms with Crippen LogP contribution in [-0.4, -0.2) is 36.8 Å². The summed E-state index contributed by atoms with van der Waals surface area (Å²) < 4.78 is 0. The molecule has 0 aromatic carbocycles.